The molecule has 0 aliphatic carbocycles. The number of alkyl halides is 2. The molecule has 1 aliphatic heterocycles. The molecule has 3 aromatic rings. The lowest BCUT2D eigenvalue weighted by Gasteiger charge is -2.22. The first-order chi connectivity index (χ1) is 15.3. The van der Waals surface area contributed by atoms with Gasteiger partial charge in [-0.3, -0.25) is 14.2 Å². The van der Waals surface area contributed by atoms with Crippen LogP contribution in [0.2, 0.25) is 0 Å². The number of ketones is 1. The second kappa shape index (κ2) is 9.03. The topological polar surface area (TPSA) is 80.1 Å². The summed E-state index contributed by atoms with van der Waals surface area (Å²) in [6, 6.07) is 9.50. The van der Waals surface area contributed by atoms with Crippen LogP contribution in [-0.2, 0) is 24.2 Å². The number of benzene rings is 1. The summed E-state index contributed by atoms with van der Waals surface area (Å²) in [5.74, 6) is -3.78. The minimum absolute atomic E-state index is 0.0545. The first-order valence-corrected chi connectivity index (χ1v) is 11.4. The third-order valence-electron chi connectivity index (χ3n) is 5.73. The van der Waals surface area contributed by atoms with Gasteiger partial charge in [0.05, 0.1) is 12.6 Å². The molecule has 170 valence electrons. The molecule has 10 heteroatoms. The van der Waals surface area contributed by atoms with Gasteiger partial charge in [-0.15, -0.1) is 0 Å². The number of aromatic nitrogens is 3. The fourth-order valence-electron chi connectivity index (χ4n) is 4.10. The molecule has 2 aromatic heterocycles. The molecule has 0 unspecified atom stereocenters. The lowest BCUT2D eigenvalue weighted by atomic mass is 10.0. The van der Waals surface area contributed by atoms with E-state index in [0.717, 1.165) is 27.9 Å². The molecule has 0 radical (unpaired) electrons. The van der Waals surface area contributed by atoms with Crippen molar-refractivity contribution in [2.24, 2.45) is 7.05 Å². The monoisotopic (exact) mass is 461 g/mol. The summed E-state index contributed by atoms with van der Waals surface area (Å²) in [7, 11) is 2.69. The molecule has 0 amide bonds. The predicted molar refractivity (Wildman–Crippen MR) is 121 cm³/mol. The maximum Gasteiger partial charge on any atom is 0.317 e. The summed E-state index contributed by atoms with van der Waals surface area (Å²) in [6.07, 6.45) is 2.61. The second-order valence-corrected chi connectivity index (χ2v) is 8.94. The standard InChI is InChI=1S/C22H25F2N5O2S/c1-25-13-22(23,24)20-27-18-17(19(31)28(20)2)26-21(32-18)29-12-6-9-15(29)16(30)11-10-14-7-4-3-5-8-14/h3-5,7-8,15,25H,6,9-13H2,1-2H3/t15-/m1/s1. The van der Waals surface area contributed by atoms with Gasteiger partial charge in [0.25, 0.3) is 5.56 Å². The number of carbonyl (C=O) groups is 1. The van der Waals surface area contributed by atoms with Crippen LogP contribution >= 0.6 is 11.3 Å². The summed E-state index contributed by atoms with van der Waals surface area (Å²) >= 11 is 1.09. The number of aryl methyl sites for hydroxylation is 1. The lowest BCUT2D eigenvalue weighted by molar-refractivity contribution is -0.120. The lowest BCUT2D eigenvalue weighted by Crippen LogP contribution is -2.36. The van der Waals surface area contributed by atoms with Gasteiger partial charge in [-0.05, 0) is 31.9 Å². The number of Topliss-reactive ketones (excluding diaryl/α,β-unsaturated/α-hetero) is 1. The van der Waals surface area contributed by atoms with E-state index in [-0.39, 0.29) is 22.2 Å². The number of rotatable bonds is 8. The van der Waals surface area contributed by atoms with Crippen LogP contribution in [0.4, 0.5) is 13.9 Å². The quantitative estimate of drug-likeness (QED) is 0.556. The largest absolute Gasteiger partial charge is 0.338 e. The molecule has 1 fully saturated rings. The minimum atomic E-state index is -3.30. The maximum absolute atomic E-state index is 14.5. The van der Waals surface area contributed by atoms with Crippen molar-refractivity contribution in [1.82, 2.24) is 19.9 Å². The van der Waals surface area contributed by atoms with E-state index >= 15 is 0 Å². The van der Waals surface area contributed by atoms with Crippen LogP contribution in [0.1, 0.15) is 30.7 Å². The summed E-state index contributed by atoms with van der Waals surface area (Å²) in [5, 5.41) is 2.91. The van der Waals surface area contributed by atoms with Crippen LogP contribution in [0.5, 0.6) is 0 Å². The normalized spacial score (nSPS) is 16.8. The number of nitrogens with zero attached hydrogens (tertiary/aromatic N) is 4. The zero-order valence-electron chi connectivity index (χ0n) is 18.0. The van der Waals surface area contributed by atoms with Crippen LogP contribution in [0.15, 0.2) is 35.1 Å². The van der Waals surface area contributed by atoms with Crippen molar-refractivity contribution in [2.75, 3.05) is 25.0 Å². The molecule has 1 N–H and O–H groups in total. The van der Waals surface area contributed by atoms with Gasteiger partial charge in [0.15, 0.2) is 27.1 Å². The highest BCUT2D eigenvalue weighted by Crippen LogP contribution is 2.34. The number of anilines is 1. The van der Waals surface area contributed by atoms with Crippen molar-refractivity contribution in [3.8, 4) is 0 Å². The van der Waals surface area contributed by atoms with Crippen LogP contribution in [-0.4, -0.2) is 46.5 Å². The molecule has 1 aliphatic rings. The van der Waals surface area contributed by atoms with E-state index in [4.69, 9.17) is 0 Å². The van der Waals surface area contributed by atoms with Gasteiger partial charge < -0.3 is 10.2 Å². The molecule has 1 aromatic carbocycles. The Morgan fingerprint density at radius 2 is 2.03 bits per heavy atom. The van der Waals surface area contributed by atoms with E-state index in [1.54, 1.807) is 0 Å². The predicted octanol–water partition coefficient (Wildman–Crippen LogP) is 2.87. The van der Waals surface area contributed by atoms with Crippen LogP contribution < -0.4 is 15.8 Å². The van der Waals surface area contributed by atoms with E-state index in [9.17, 15) is 18.4 Å². The second-order valence-electron chi connectivity index (χ2n) is 7.99. The molecule has 1 saturated heterocycles. The van der Waals surface area contributed by atoms with Gasteiger partial charge in [0.1, 0.15) is 0 Å². The fraction of sp³-hybridized carbons (Fsp3) is 0.455. The van der Waals surface area contributed by atoms with Crippen molar-refractivity contribution >= 4 is 32.6 Å². The zero-order chi connectivity index (χ0) is 22.9. The van der Waals surface area contributed by atoms with E-state index in [1.807, 2.05) is 35.2 Å². The Labute approximate surface area is 188 Å². The number of likely N-dealkylation sites (N-methyl/N-ethyl adjacent to an activating group) is 1. The smallest absolute Gasteiger partial charge is 0.317 e. The number of halogens is 2. The summed E-state index contributed by atoms with van der Waals surface area (Å²) in [5.41, 5.74) is 0.543. The van der Waals surface area contributed by atoms with Crippen LogP contribution in [0.25, 0.3) is 10.3 Å². The van der Waals surface area contributed by atoms with E-state index in [2.05, 4.69) is 15.3 Å². The Balaban J connectivity index is 1.60. The SMILES string of the molecule is CNCC(F)(F)c1nc2sc(N3CCC[C@@H]3C(=O)CCc3ccccc3)nc2c(=O)n1C. The zero-order valence-corrected chi connectivity index (χ0v) is 18.8. The Bertz CT molecular complexity index is 1180. The molecule has 4 rings (SSSR count). The number of hydrogen-bond acceptors (Lipinski definition) is 7. The van der Waals surface area contributed by atoms with E-state index in [0.29, 0.717) is 30.9 Å². The molecule has 7 nitrogen and oxygen atoms in total. The highest BCUT2D eigenvalue weighted by atomic mass is 32.1. The minimum Gasteiger partial charge on any atom is -0.338 e. The van der Waals surface area contributed by atoms with Crippen molar-refractivity contribution in [2.45, 2.75) is 37.6 Å². The first kappa shape index (κ1) is 22.5. The molecular weight excluding hydrogens is 436 g/mol. The van der Waals surface area contributed by atoms with Crippen molar-refractivity contribution in [3.05, 3.63) is 52.1 Å². The van der Waals surface area contributed by atoms with Gasteiger partial charge in [0.2, 0.25) is 0 Å². The summed E-state index contributed by atoms with van der Waals surface area (Å²) < 4.78 is 29.8. The highest BCUT2D eigenvalue weighted by Gasteiger charge is 2.37. The molecule has 0 spiro atoms. The number of nitrogens with one attached hydrogen (secondary N) is 1. The Hall–Kier alpha value is -2.72. The Morgan fingerprint density at radius 1 is 1.28 bits per heavy atom. The molecule has 1 atom stereocenters. The van der Waals surface area contributed by atoms with Crippen molar-refractivity contribution < 1.29 is 13.6 Å². The molecule has 3 heterocycles. The average Bonchev–Trinajstić information content (AvgIpc) is 3.42. The molecular formula is C22H25F2N5O2S. The summed E-state index contributed by atoms with van der Waals surface area (Å²) in [6.45, 7) is -0.000778. The Kier molecular flexibility index (Phi) is 6.34. The van der Waals surface area contributed by atoms with Gasteiger partial charge in [0, 0.05) is 20.0 Å². The maximum atomic E-state index is 14.5. The number of carbonyl (C=O) groups excluding carboxylic acids is 1. The van der Waals surface area contributed by atoms with Gasteiger partial charge in [-0.1, -0.05) is 41.7 Å². The van der Waals surface area contributed by atoms with Crippen LogP contribution in [0, 0.1) is 0 Å². The van der Waals surface area contributed by atoms with E-state index in [1.165, 1.54) is 14.1 Å². The third kappa shape index (κ3) is 4.29. The highest BCUT2D eigenvalue weighted by molar-refractivity contribution is 7.21. The average molecular weight is 462 g/mol. The summed E-state index contributed by atoms with van der Waals surface area (Å²) in [4.78, 5) is 36.2. The first-order valence-electron chi connectivity index (χ1n) is 10.6. The van der Waals surface area contributed by atoms with Crippen molar-refractivity contribution in [3.63, 3.8) is 0 Å². The van der Waals surface area contributed by atoms with Gasteiger partial charge >= 0.3 is 5.92 Å². The Morgan fingerprint density at radius 3 is 2.75 bits per heavy atom. The number of fused-ring (bicyclic) bond motifs is 1. The fourth-order valence-corrected chi connectivity index (χ4v) is 5.11. The van der Waals surface area contributed by atoms with Crippen molar-refractivity contribution in [1.29, 1.82) is 0 Å². The van der Waals surface area contributed by atoms with Gasteiger partial charge in [-0.25, -0.2) is 9.97 Å². The van der Waals surface area contributed by atoms with Crippen LogP contribution in [0.3, 0.4) is 0 Å². The molecule has 0 saturated carbocycles. The number of thiazole rings is 1. The van der Waals surface area contributed by atoms with Gasteiger partial charge in [-0.2, -0.15) is 8.78 Å². The molecule has 0 bridgehead atoms. The third-order valence-corrected chi connectivity index (χ3v) is 6.72. The van der Waals surface area contributed by atoms with E-state index < -0.39 is 23.9 Å². The number of hydrogen-bond donors (Lipinski definition) is 1. The molecule has 32 heavy (non-hydrogen) atoms.